The number of anilines is 6. The van der Waals surface area contributed by atoms with Gasteiger partial charge in [-0.1, -0.05) is 30.3 Å². The maximum absolute atomic E-state index is 15.7. The Hall–Kier alpha value is -6.77. The molecule has 3 N–H and O–H groups in total. The van der Waals surface area contributed by atoms with Gasteiger partial charge in [-0.2, -0.15) is 10.1 Å². The van der Waals surface area contributed by atoms with Crippen LogP contribution in [0.5, 0.6) is 5.75 Å². The first kappa shape index (κ1) is 49.4. The van der Waals surface area contributed by atoms with Crippen LogP contribution >= 0.6 is 23.5 Å². The molecule has 5 aliphatic heterocycles. The minimum absolute atomic E-state index is 0.0107. The van der Waals surface area contributed by atoms with Crippen LogP contribution in [-0.4, -0.2) is 126 Å². The van der Waals surface area contributed by atoms with E-state index >= 15 is 4.39 Å². The SMILES string of the molecule is COP(=O)(OC)c1c(Nc2nc(Nc3cc(-c4cnn(C)c4)c(N4CCN(CCC5CCN(c6cc7c(cc6F)C(=O)N(C6CCC(=O)NC6=O)C7=O)CC5)CC4)c4c3OCC4)ncc2Br)ccc2ccccc12. The third-order valence-corrected chi connectivity index (χ3v) is 17.4. The first-order chi connectivity index (χ1) is 35.8. The Kier molecular flexibility index (Phi) is 13.5. The number of rotatable bonds is 14. The number of hydrogen-bond donors (Lipinski definition) is 3. The van der Waals surface area contributed by atoms with Crippen LogP contribution in [0.15, 0.2) is 77.7 Å². The summed E-state index contributed by atoms with van der Waals surface area (Å²) in [5.41, 5.74) is 5.71. The van der Waals surface area contributed by atoms with Gasteiger partial charge in [-0.25, -0.2) is 9.37 Å². The monoisotopic (exact) mass is 1090 g/mol. The van der Waals surface area contributed by atoms with Crippen molar-refractivity contribution in [1.29, 1.82) is 0 Å². The van der Waals surface area contributed by atoms with Crippen LogP contribution in [0, 0.1) is 11.7 Å². The molecule has 5 aliphatic rings. The largest absolute Gasteiger partial charge is 0.491 e. The molecule has 2 aromatic heterocycles. The molecule has 74 heavy (non-hydrogen) atoms. The molecule has 6 aromatic rings. The summed E-state index contributed by atoms with van der Waals surface area (Å²) >= 11 is 3.61. The molecule has 4 aromatic carbocycles. The topological polar surface area (TPSA) is 206 Å². The molecule has 4 amide bonds. The molecule has 1 unspecified atom stereocenters. The lowest BCUT2D eigenvalue weighted by atomic mass is 9.92. The number of nitrogens with zero attached hydrogens (tertiary/aromatic N) is 8. The van der Waals surface area contributed by atoms with Crippen molar-refractivity contribution in [2.75, 3.05) is 87.1 Å². The highest BCUT2D eigenvalue weighted by Gasteiger charge is 2.45. The molecule has 3 saturated heterocycles. The van der Waals surface area contributed by atoms with Crippen molar-refractivity contribution in [3.8, 4) is 16.9 Å². The number of carbonyl (C=O) groups excluding carboxylic acids is 4. The smallest absolute Gasteiger partial charge is 0.363 e. The Morgan fingerprint density at radius 3 is 2.35 bits per heavy atom. The van der Waals surface area contributed by atoms with Crippen LogP contribution in [0.2, 0.25) is 0 Å². The van der Waals surface area contributed by atoms with Crippen molar-refractivity contribution in [1.82, 2.24) is 34.9 Å². The van der Waals surface area contributed by atoms with E-state index in [1.807, 2.05) is 60.7 Å². The second-order valence-electron chi connectivity index (χ2n) is 19.2. The average Bonchev–Trinajstić information content (AvgIpc) is 4.15. The molecular weight excluding hydrogens is 1040 g/mol. The van der Waals surface area contributed by atoms with Crippen LogP contribution in [0.4, 0.5) is 38.9 Å². The number of aromatic nitrogens is 4. The summed E-state index contributed by atoms with van der Waals surface area (Å²) in [4.78, 5) is 68.2. The first-order valence-corrected chi connectivity index (χ1v) is 27.0. The van der Waals surface area contributed by atoms with E-state index in [0.717, 1.165) is 108 Å². The van der Waals surface area contributed by atoms with Gasteiger partial charge in [0.1, 0.15) is 23.4 Å². The molecule has 3 fully saturated rings. The summed E-state index contributed by atoms with van der Waals surface area (Å²) in [6.45, 7) is 6.02. The van der Waals surface area contributed by atoms with E-state index in [1.54, 1.807) is 10.9 Å². The molecule has 0 aliphatic carbocycles. The van der Waals surface area contributed by atoms with Crippen molar-refractivity contribution in [2.45, 2.75) is 44.6 Å². The lowest BCUT2D eigenvalue weighted by Gasteiger charge is -2.39. The molecule has 7 heterocycles. The fourth-order valence-corrected chi connectivity index (χ4v) is 12.7. The minimum atomic E-state index is -3.74. The highest BCUT2D eigenvalue weighted by molar-refractivity contribution is 9.10. The highest BCUT2D eigenvalue weighted by atomic mass is 79.9. The predicted molar refractivity (Wildman–Crippen MR) is 281 cm³/mol. The van der Waals surface area contributed by atoms with Gasteiger partial charge in [-0.15, -0.1) is 0 Å². The van der Waals surface area contributed by atoms with Crippen molar-refractivity contribution in [3.63, 3.8) is 0 Å². The van der Waals surface area contributed by atoms with Crippen molar-refractivity contribution >= 4 is 97.7 Å². The quantitative estimate of drug-likeness (QED) is 0.0723. The number of hydrogen-bond acceptors (Lipinski definition) is 16. The number of amides is 4. The molecule has 19 nitrogen and oxygen atoms in total. The van der Waals surface area contributed by atoms with E-state index in [-0.39, 0.29) is 29.7 Å². The third-order valence-electron chi connectivity index (χ3n) is 14.9. The van der Waals surface area contributed by atoms with Crippen molar-refractivity contribution in [3.05, 3.63) is 100 Å². The van der Waals surface area contributed by atoms with Gasteiger partial charge in [0.25, 0.3) is 11.8 Å². The number of benzene rings is 4. The van der Waals surface area contributed by atoms with Gasteiger partial charge in [0.15, 0.2) is 0 Å². The third kappa shape index (κ3) is 9.18. The number of nitrogens with one attached hydrogen (secondary N) is 3. The minimum Gasteiger partial charge on any atom is -0.491 e. The molecule has 0 spiro atoms. The standard InChI is InChI=1S/C52H54BrFN11O8P/c1-61-29-32(27-56-61)35-25-41(58-52-55-28-38(53)48(60-52)57-40-9-8-31-6-4-5-7-33(31)47(40)74(70,71-2)72-3)46-34(15-23-73-46)45(35)64-21-19-62(20-22-64)16-12-30-13-17-63(18-14-30)43-26-37-36(24-39(43)54)50(68)65(51(37)69)42-10-11-44(66)59-49(42)67/h4-9,24-30,42H,10-23H2,1-3H3,(H,59,66,67)(H2,55,57,58,60). The van der Waals surface area contributed by atoms with E-state index in [4.69, 9.17) is 18.8 Å². The summed E-state index contributed by atoms with van der Waals surface area (Å²) < 4.78 is 49.4. The summed E-state index contributed by atoms with van der Waals surface area (Å²) in [6, 6.07) is 14.9. The van der Waals surface area contributed by atoms with Gasteiger partial charge >= 0.3 is 7.60 Å². The Morgan fingerprint density at radius 2 is 1.62 bits per heavy atom. The number of piperazine rings is 1. The number of imide groups is 2. The van der Waals surface area contributed by atoms with E-state index in [9.17, 15) is 23.7 Å². The predicted octanol–water partition coefficient (Wildman–Crippen LogP) is 7.30. The maximum Gasteiger partial charge on any atom is 0.363 e. The average molecular weight is 1090 g/mol. The van der Waals surface area contributed by atoms with Gasteiger partial charge in [-0.3, -0.25) is 43.5 Å². The van der Waals surface area contributed by atoms with E-state index in [2.05, 4.69) is 57.8 Å². The van der Waals surface area contributed by atoms with Gasteiger partial charge in [0, 0.05) is 102 Å². The molecule has 0 saturated carbocycles. The Labute approximate surface area is 434 Å². The van der Waals surface area contributed by atoms with E-state index in [0.29, 0.717) is 58.5 Å². The molecule has 22 heteroatoms. The number of fused-ring (bicyclic) bond motifs is 3. The van der Waals surface area contributed by atoms with Crippen LogP contribution in [-0.2, 0) is 36.7 Å². The summed E-state index contributed by atoms with van der Waals surface area (Å²) in [5.74, 6) is -1.19. The number of piperidine rings is 2. The number of aryl methyl sites for hydroxylation is 1. The molecule has 0 radical (unpaired) electrons. The second-order valence-corrected chi connectivity index (χ2v) is 22.2. The Balaban J connectivity index is 0.756. The number of ether oxygens (including phenoxy) is 1. The van der Waals surface area contributed by atoms with Gasteiger partial charge in [0.2, 0.25) is 17.8 Å². The van der Waals surface area contributed by atoms with E-state index in [1.165, 1.54) is 20.3 Å². The van der Waals surface area contributed by atoms with Gasteiger partial charge in [0.05, 0.1) is 56.5 Å². The lowest BCUT2D eigenvalue weighted by Crippen LogP contribution is -2.54. The fraction of sp³-hybridized carbons (Fsp3) is 0.365. The molecule has 11 rings (SSSR count). The molecular formula is C52H54BrFN11O8P. The van der Waals surface area contributed by atoms with Crippen LogP contribution in [0.3, 0.4) is 0 Å². The zero-order valence-electron chi connectivity index (χ0n) is 41.0. The Bertz CT molecular complexity index is 3300. The molecule has 1 atom stereocenters. The van der Waals surface area contributed by atoms with Crippen molar-refractivity contribution in [2.24, 2.45) is 13.0 Å². The number of halogens is 2. The summed E-state index contributed by atoms with van der Waals surface area (Å²) in [7, 11) is 0.901. The summed E-state index contributed by atoms with van der Waals surface area (Å²) in [5, 5.41) is 15.6. The second kappa shape index (κ2) is 20.2. The van der Waals surface area contributed by atoms with Crippen LogP contribution in [0.1, 0.15) is 58.4 Å². The zero-order valence-corrected chi connectivity index (χ0v) is 43.5. The fourth-order valence-electron chi connectivity index (χ4n) is 11.0. The number of carbonyl (C=O) groups is 4. The van der Waals surface area contributed by atoms with Crippen LogP contribution < -0.4 is 35.8 Å². The van der Waals surface area contributed by atoms with Gasteiger partial charge < -0.3 is 34.2 Å². The Morgan fingerprint density at radius 1 is 0.865 bits per heavy atom. The van der Waals surface area contributed by atoms with Crippen LogP contribution in [0.25, 0.3) is 21.9 Å². The lowest BCUT2D eigenvalue weighted by molar-refractivity contribution is -0.136. The van der Waals surface area contributed by atoms with Gasteiger partial charge in [-0.05, 0) is 89.1 Å². The zero-order chi connectivity index (χ0) is 51.4. The summed E-state index contributed by atoms with van der Waals surface area (Å²) in [6.07, 6.45) is 9.01. The normalized spacial score (nSPS) is 18.5. The molecule has 0 bridgehead atoms. The van der Waals surface area contributed by atoms with E-state index < -0.39 is 43.1 Å². The first-order valence-electron chi connectivity index (χ1n) is 24.7. The maximum atomic E-state index is 15.7. The highest BCUT2D eigenvalue weighted by Crippen LogP contribution is 2.51. The van der Waals surface area contributed by atoms with Crippen molar-refractivity contribution < 1.29 is 41.9 Å². The molecule has 384 valence electrons.